The van der Waals surface area contributed by atoms with Gasteiger partial charge in [-0.05, 0) is 36.3 Å². The highest BCUT2D eigenvalue weighted by Gasteiger charge is 2.09. The fourth-order valence-corrected chi connectivity index (χ4v) is 2.04. The predicted molar refractivity (Wildman–Crippen MR) is 89.6 cm³/mol. The Bertz CT molecular complexity index is 740. The van der Waals surface area contributed by atoms with Crippen molar-refractivity contribution < 1.29 is 9.72 Å². The Balaban J connectivity index is 2.10. The minimum Gasteiger partial charge on any atom is -0.322 e. The number of hydrogen-bond acceptors (Lipinski definition) is 3. The predicted octanol–water partition coefficient (Wildman–Crippen LogP) is 4.32. The van der Waals surface area contributed by atoms with Crippen molar-refractivity contribution in [1.29, 1.82) is 0 Å². The number of nitrogens with one attached hydrogen (secondary N) is 1. The number of aryl methyl sites for hydroxylation is 1. The minimum atomic E-state index is -0.493. The third kappa shape index (κ3) is 4.26. The summed E-state index contributed by atoms with van der Waals surface area (Å²) in [6.45, 7) is 1.78. The first-order valence-electron chi connectivity index (χ1n) is 6.45. The molecule has 0 aliphatic carbocycles. The van der Waals surface area contributed by atoms with Crippen molar-refractivity contribution in [2.75, 3.05) is 5.32 Å². The van der Waals surface area contributed by atoms with E-state index in [0.717, 1.165) is 15.6 Å². The number of nitro groups is 1. The van der Waals surface area contributed by atoms with E-state index in [1.165, 1.54) is 18.2 Å². The van der Waals surface area contributed by atoms with E-state index in [9.17, 15) is 14.9 Å². The van der Waals surface area contributed by atoms with E-state index >= 15 is 0 Å². The molecule has 112 valence electrons. The first kappa shape index (κ1) is 15.9. The van der Waals surface area contributed by atoms with Crippen LogP contribution < -0.4 is 5.32 Å². The highest BCUT2D eigenvalue weighted by molar-refractivity contribution is 9.10. The number of carbonyl (C=O) groups is 1. The first-order chi connectivity index (χ1) is 10.5. The van der Waals surface area contributed by atoms with Crippen LogP contribution in [0.25, 0.3) is 6.08 Å². The molecule has 0 aromatic heterocycles. The molecule has 0 spiro atoms. The Morgan fingerprint density at radius 2 is 1.91 bits per heavy atom. The molecule has 2 rings (SSSR count). The summed E-state index contributed by atoms with van der Waals surface area (Å²) in [5, 5.41) is 13.4. The molecule has 1 N–H and O–H groups in total. The zero-order valence-electron chi connectivity index (χ0n) is 11.7. The van der Waals surface area contributed by atoms with Crippen molar-refractivity contribution in [3.8, 4) is 0 Å². The molecule has 5 nitrogen and oxygen atoms in total. The minimum absolute atomic E-state index is 0.0576. The molecule has 0 fully saturated rings. The maximum Gasteiger partial charge on any atom is 0.271 e. The molecule has 0 bridgehead atoms. The van der Waals surface area contributed by atoms with E-state index in [0.29, 0.717) is 5.69 Å². The number of benzene rings is 2. The van der Waals surface area contributed by atoms with Crippen LogP contribution >= 0.6 is 15.9 Å². The van der Waals surface area contributed by atoms with E-state index in [1.807, 2.05) is 24.3 Å². The van der Waals surface area contributed by atoms with Gasteiger partial charge in [-0.1, -0.05) is 34.1 Å². The summed E-state index contributed by atoms with van der Waals surface area (Å²) in [4.78, 5) is 22.2. The number of anilines is 1. The lowest BCUT2D eigenvalue weighted by atomic mass is 10.1. The van der Waals surface area contributed by atoms with Gasteiger partial charge >= 0.3 is 0 Å². The fraction of sp³-hybridized carbons (Fsp3) is 0.0625. The number of halogens is 1. The number of nitrogens with zero attached hydrogens (tertiary/aromatic N) is 1. The van der Waals surface area contributed by atoms with Crippen molar-refractivity contribution in [3.63, 3.8) is 0 Å². The van der Waals surface area contributed by atoms with Gasteiger partial charge in [-0.2, -0.15) is 0 Å². The van der Waals surface area contributed by atoms with Crippen LogP contribution in [0.2, 0.25) is 0 Å². The number of rotatable bonds is 4. The van der Waals surface area contributed by atoms with Crippen molar-refractivity contribution >= 4 is 39.3 Å². The van der Waals surface area contributed by atoms with Gasteiger partial charge in [0.05, 0.1) is 10.6 Å². The van der Waals surface area contributed by atoms with Gasteiger partial charge in [0.15, 0.2) is 0 Å². The quantitative estimate of drug-likeness (QED) is 0.501. The van der Waals surface area contributed by atoms with Gasteiger partial charge in [-0.15, -0.1) is 0 Å². The molecule has 22 heavy (non-hydrogen) atoms. The zero-order chi connectivity index (χ0) is 16.1. The van der Waals surface area contributed by atoms with E-state index in [4.69, 9.17) is 0 Å². The van der Waals surface area contributed by atoms with Crippen LogP contribution in [-0.4, -0.2) is 10.8 Å². The van der Waals surface area contributed by atoms with Gasteiger partial charge < -0.3 is 5.32 Å². The molecule has 6 heteroatoms. The summed E-state index contributed by atoms with van der Waals surface area (Å²) in [7, 11) is 0. The number of carbonyl (C=O) groups excluding carboxylic acids is 1. The third-order valence-electron chi connectivity index (χ3n) is 2.99. The van der Waals surface area contributed by atoms with Crippen LogP contribution in [0.3, 0.4) is 0 Å². The normalized spacial score (nSPS) is 10.6. The van der Waals surface area contributed by atoms with E-state index in [2.05, 4.69) is 21.2 Å². The Morgan fingerprint density at radius 3 is 2.55 bits per heavy atom. The summed E-state index contributed by atoms with van der Waals surface area (Å²) in [6.07, 6.45) is 3.07. The molecule has 0 atom stereocenters. The van der Waals surface area contributed by atoms with E-state index < -0.39 is 4.92 Å². The summed E-state index contributed by atoms with van der Waals surface area (Å²) in [6, 6.07) is 11.8. The molecule has 0 saturated heterocycles. The Labute approximate surface area is 135 Å². The lowest BCUT2D eigenvalue weighted by Crippen LogP contribution is -2.09. The molecule has 0 aliphatic heterocycles. The third-order valence-corrected chi connectivity index (χ3v) is 3.52. The zero-order valence-corrected chi connectivity index (χ0v) is 13.3. The second kappa shape index (κ2) is 7.00. The second-order valence-corrected chi connectivity index (χ2v) is 5.55. The average Bonchev–Trinajstić information content (AvgIpc) is 2.48. The smallest absolute Gasteiger partial charge is 0.271 e. The largest absolute Gasteiger partial charge is 0.322 e. The maximum absolute atomic E-state index is 11.9. The highest BCUT2D eigenvalue weighted by atomic mass is 79.9. The summed E-state index contributed by atoms with van der Waals surface area (Å²) in [5.74, 6) is -0.341. The molecule has 2 aromatic carbocycles. The van der Waals surface area contributed by atoms with Gasteiger partial charge in [0, 0.05) is 22.7 Å². The topological polar surface area (TPSA) is 72.2 Å². The molecule has 0 heterocycles. The van der Waals surface area contributed by atoms with Gasteiger partial charge in [-0.3, -0.25) is 14.9 Å². The standard InChI is InChI=1S/C16H13BrN2O3/c1-11-2-8-14(19(21)22)10-15(11)18-16(20)9-5-12-3-6-13(17)7-4-12/h2-10H,1H3,(H,18,20)/b9-5+. The number of nitro benzene ring substituents is 1. The molecule has 0 unspecified atom stereocenters. The number of non-ortho nitro benzene ring substituents is 1. The van der Waals surface area contributed by atoms with Crippen LogP contribution in [0.1, 0.15) is 11.1 Å². The van der Waals surface area contributed by atoms with Crippen LogP contribution in [-0.2, 0) is 4.79 Å². The Morgan fingerprint density at radius 1 is 1.23 bits per heavy atom. The highest BCUT2D eigenvalue weighted by Crippen LogP contribution is 2.21. The fourth-order valence-electron chi connectivity index (χ4n) is 1.78. The van der Waals surface area contributed by atoms with E-state index in [-0.39, 0.29) is 11.6 Å². The lowest BCUT2D eigenvalue weighted by molar-refractivity contribution is -0.384. The van der Waals surface area contributed by atoms with Crippen molar-refractivity contribution in [1.82, 2.24) is 0 Å². The number of hydrogen-bond donors (Lipinski definition) is 1. The Hall–Kier alpha value is -2.47. The van der Waals surface area contributed by atoms with Crippen LogP contribution in [0.5, 0.6) is 0 Å². The lowest BCUT2D eigenvalue weighted by Gasteiger charge is -2.06. The maximum atomic E-state index is 11.9. The average molecular weight is 361 g/mol. The monoisotopic (exact) mass is 360 g/mol. The van der Waals surface area contributed by atoms with E-state index in [1.54, 1.807) is 19.1 Å². The van der Waals surface area contributed by atoms with Crippen LogP contribution in [0.4, 0.5) is 11.4 Å². The summed E-state index contributed by atoms with van der Waals surface area (Å²) >= 11 is 3.34. The Kier molecular flexibility index (Phi) is 5.06. The molecular weight excluding hydrogens is 348 g/mol. The molecule has 0 saturated carbocycles. The van der Waals surface area contributed by atoms with Gasteiger partial charge in [0.2, 0.25) is 5.91 Å². The molecule has 0 radical (unpaired) electrons. The number of amides is 1. The van der Waals surface area contributed by atoms with Crippen molar-refractivity contribution in [2.24, 2.45) is 0 Å². The summed E-state index contributed by atoms with van der Waals surface area (Å²) in [5.41, 5.74) is 2.02. The van der Waals surface area contributed by atoms with Crippen LogP contribution in [0, 0.1) is 17.0 Å². The van der Waals surface area contributed by atoms with Crippen molar-refractivity contribution in [3.05, 3.63) is 74.3 Å². The summed E-state index contributed by atoms with van der Waals surface area (Å²) < 4.78 is 0.960. The van der Waals surface area contributed by atoms with Crippen molar-refractivity contribution in [2.45, 2.75) is 6.92 Å². The van der Waals surface area contributed by atoms with Gasteiger partial charge in [0.25, 0.3) is 5.69 Å². The SMILES string of the molecule is Cc1ccc([N+](=O)[O-])cc1NC(=O)/C=C/c1ccc(Br)cc1. The molecule has 2 aromatic rings. The van der Waals surface area contributed by atoms with Gasteiger partial charge in [0.1, 0.15) is 0 Å². The second-order valence-electron chi connectivity index (χ2n) is 4.63. The first-order valence-corrected chi connectivity index (χ1v) is 7.24. The van der Waals surface area contributed by atoms with Gasteiger partial charge in [-0.25, -0.2) is 0 Å². The van der Waals surface area contributed by atoms with Crippen LogP contribution in [0.15, 0.2) is 53.0 Å². The molecule has 1 amide bonds. The molecular formula is C16H13BrN2O3. The molecule has 0 aliphatic rings.